The summed E-state index contributed by atoms with van der Waals surface area (Å²) in [5.41, 5.74) is 1.75. The van der Waals surface area contributed by atoms with E-state index in [0.717, 1.165) is 48.5 Å². The summed E-state index contributed by atoms with van der Waals surface area (Å²) >= 11 is 0. The van der Waals surface area contributed by atoms with Gasteiger partial charge in [0.05, 0.1) is 30.1 Å². The van der Waals surface area contributed by atoms with Crippen LogP contribution in [-0.4, -0.2) is 47.1 Å². The molecular weight excluding hydrogens is 342 g/mol. The van der Waals surface area contributed by atoms with Crippen molar-refractivity contribution in [2.45, 2.75) is 12.5 Å². The first kappa shape index (κ1) is 17.5. The van der Waals surface area contributed by atoms with Gasteiger partial charge in [0.15, 0.2) is 0 Å². The van der Waals surface area contributed by atoms with Gasteiger partial charge in [-0.2, -0.15) is 5.10 Å². The van der Waals surface area contributed by atoms with Crippen LogP contribution < -0.4 is 15.8 Å². The van der Waals surface area contributed by atoms with Gasteiger partial charge < -0.3 is 15.0 Å². The van der Waals surface area contributed by atoms with Gasteiger partial charge >= 0.3 is 0 Å². The molecule has 7 heteroatoms. The molecule has 1 aromatic carbocycles. The van der Waals surface area contributed by atoms with Crippen LogP contribution in [0.5, 0.6) is 0 Å². The SMILES string of the molecule is Cn1ncc(N2CCO[C@@H](CCNc3ccc4ccccc4n3)C2)cc1=O. The van der Waals surface area contributed by atoms with Crippen molar-refractivity contribution in [3.05, 3.63) is 59.0 Å². The molecule has 2 aromatic heterocycles. The minimum Gasteiger partial charge on any atom is -0.374 e. The largest absolute Gasteiger partial charge is 0.374 e. The lowest BCUT2D eigenvalue weighted by atomic mass is 10.2. The highest BCUT2D eigenvalue weighted by atomic mass is 16.5. The van der Waals surface area contributed by atoms with E-state index >= 15 is 0 Å². The van der Waals surface area contributed by atoms with E-state index in [4.69, 9.17) is 4.74 Å². The van der Waals surface area contributed by atoms with Crippen LogP contribution in [0.2, 0.25) is 0 Å². The van der Waals surface area contributed by atoms with Crippen molar-refractivity contribution in [3.8, 4) is 0 Å². The Morgan fingerprint density at radius 2 is 2.15 bits per heavy atom. The lowest BCUT2D eigenvalue weighted by molar-refractivity contribution is 0.0374. The number of anilines is 2. The number of nitrogens with one attached hydrogen (secondary N) is 1. The van der Waals surface area contributed by atoms with Gasteiger partial charge in [0.1, 0.15) is 5.82 Å². The molecule has 3 aromatic rings. The average Bonchev–Trinajstić information content (AvgIpc) is 2.70. The number of rotatable bonds is 5. The normalized spacial score (nSPS) is 17.2. The predicted octanol–water partition coefficient (Wildman–Crippen LogP) is 2.04. The molecule has 0 aliphatic carbocycles. The van der Waals surface area contributed by atoms with Gasteiger partial charge in [-0.3, -0.25) is 4.79 Å². The van der Waals surface area contributed by atoms with Crippen molar-refractivity contribution >= 4 is 22.4 Å². The molecule has 3 heterocycles. The molecule has 0 amide bonds. The lowest BCUT2D eigenvalue weighted by Crippen LogP contribution is -2.43. The second-order valence-corrected chi connectivity index (χ2v) is 6.72. The number of aryl methyl sites for hydroxylation is 1. The van der Waals surface area contributed by atoms with E-state index in [1.54, 1.807) is 19.3 Å². The van der Waals surface area contributed by atoms with Crippen LogP contribution in [0.25, 0.3) is 10.9 Å². The van der Waals surface area contributed by atoms with Gasteiger partial charge in [-0.1, -0.05) is 18.2 Å². The monoisotopic (exact) mass is 365 g/mol. The molecule has 1 fully saturated rings. The maximum Gasteiger partial charge on any atom is 0.268 e. The molecule has 0 radical (unpaired) electrons. The van der Waals surface area contributed by atoms with Crippen LogP contribution in [-0.2, 0) is 11.8 Å². The number of benzene rings is 1. The fourth-order valence-electron chi connectivity index (χ4n) is 3.29. The zero-order valence-corrected chi connectivity index (χ0v) is 15.3. The molecule has 140 valence electrons. The molecule has 27 heavy (non-hydrogen) atoms. The van der Waals surface area contributed by atoms with Crippen LogP contribution in [0.4, 0.5) is 11.5 Å². The molecule has 0 unspecified atom stereocenters. The zero-order chi connectivity index (χ0) is 18.6. The molecule has 0 saturated carbocycles. The Morgan fingerprint density at radius 3 is 3.04 bits per heavy atom. The number of aromatic nitrogens is 3. The molecule has 7 nitrogen and oxygen atoms in total. The van der Waals surface area contributed by atoms with Gasteiger partial charge in [-0.15, -0.1) is 0 Å². The minimum atomic E-state index is -0.0976. The topological polar surface area (TPSA) is 72.3 Å². The molecule has 1 saturated heterocycles. The first-order valence-corrected chi connectivity index (χ1v) is 9.18. The number of fused-ring (bicyclic) bond motifs is 1. The maximum atomic E-state index is 11.8. The summed E-state index contributed by atoms with van der Waals surface area (Å²) in [6, 6.07) is 13.8. The summed E-state index contributed by atoms with van der Waals surface area (Å²) in [5.74, 6) is 0.872. The molecule has 4 rings (SSSR count). The Morgan fingerprint density at radius 1 is 1.26 bits per heavy atom. The number of hydrogen-bond acceptors (Lipinski definition) is 6. The Bertz CT molecular complexity index is 987. The lowest BCUT2D eigenvalue weighted by Gasteiger charge is -2.34. The van der Waals surface area contributed by atoms with Crippen molar-refractivity contribution in [1.29, 1.82) is 0 Å². The maximum absolute atomic E-state index is 11.8. The highest BCUT2D eigenvalue weighted by molar-refractivity contribution is 5.80. The molecule has 0 spiro atoms. The quantitative estimate of drug-likeness (QED) is 0.746. The second-order valence-electron chi connectivity index (χ2n) is 6.72. The van der Waals surface area contributed by atoms with Crippen LogP contribution >= 0.6 is 0 Å². The van der Waals surface area contributed by atoms with Crippen molar-refractivity contribution in [3.63, 3.8) is 0 Å². The second kappa shape index (κ2) is 7.75. The fraction of sp³-hybridized carbons (Fsp3) is 0.350. The van der Waals surface area contributed by atoms with Crippen molar-refractivity contribution in [2.24, 2.45) is 7.05 Å². The van der Waals surface area contributed by atoms with Gasteiger partial charge in [0.25, 0.3) is 5.56 Å². The number of morpholine rings is 1. The Kier molecular flexibility index (Phi) is 5.02. The van der Waals surface area contributed by atoms with E-state index in [0.29, 0.717) is 6.61 Å². The van der Waals surface area contributed by atoms with Crippen LogP contribution in [0, 0.1) is 0 Å². The summed E-state index contributed by atoms with van der Waals surface area (Å²) < 4.78 is 7.22. The summed E-state index contributed by atoms with van der Waals surface area (Å²) in [4.78, 5) is 18.6. The van der Waals surface area contributed by atoms with Gasteiger partial charge in [0, 0.05) is 38.1 Å². The van der Waals surface area contributed by atoms with E-state index < -0.39 is 0 Å². The molecular formula is C20H23N5O2. The average molecular weight is 365 g/mol. The third-order valence-electron chi connectivity index (χ3n) is 4.83. The van der Waals surface area contributed by atoms with Gasteiger partial charge in [0.2, 0.25) is 0 Å². The van der Waals surface area contributed by atoms with Crippen LogP contribution in [0.15, 0.2) is 53.5 Å². The molecule has 1 aliphatic heterocycles. The number of nitrogens with zero attached hydrogens (tertiary/aromatic N) is 4. The van der Waals surface area contributed by atoms with Gasteiger partial charge in [-0.05, 0) is 24.6 Å². The smallest absolute Gasteiger partial charge is 0.268 e. The number of para-hydroxylation sites is 1. The minimum absolute atomic E-state index is 0.0976. The summed E-state index contributed by atoms with van der Waals surface area (Å²) in [5, 5.41) is 8.62. The summed E-state index contributed by atoms with van der Waals surface area (Å²) in [7, 11) is 1.65. The highest BCUT2D eigenvalue weighted by Crippen LogP contribution is 2.17. The van der Waals surface area contributed by atoms with Gasteiger partial charge in [-0.25, -0.2) is 9.67 Å². The Labute approximate surface area is 157 Å². The summed E-state index contributed by atoms with van der Waals surface area (Å²) in [6.07, 6.45) is 2.71. The fourth-order valence-corrected chi connectivity index (χ4v) is 3.29. The van der Waals surface area contributed by atoms with E-state index in [1.807, 2.05) is 24.3 Å². The standard InChI is InChI=1S/C20H23N5O2/c1-24-20(26)12-16(13-22-24)25-10-11-27-17(14-25)8-9-21-19-7-6-15-4-2-3-5-18(15)23-19/h2-7,12-13,17H,8-11,14H2,1H3,(H,21,23)/t17-/m0/s1. The third kappa shape index (κ3) is 4.09. The Hall–Kier alpha value is -2.93. The highest BCUT2D eigenvalue weighted by Gasteiger charge is 2.21. The van der Waals surface area contributed by atoms with Crippen molar-refractivity contribution < 1.29 is 4.74 Å². The zero-order valence-electron chi connectivity index (χ0n) is 15.3. The van der Waals surface area contributed by atoms with Crippen LogP contribution in [0.3, 0.4) is 0 Å². The van der Waals surface area contributed by atoms with Crippen molar-refractivity contribution in [1.82, 2.24) is 14.8 Å². The first-order chi connectivity index (χ1) is 13.2. The Balaban J connectivity index is 1.33. The number of ether oxygens (including phenoxy) is 1. The molecule has 0 bridgehead atoms. The summed E-state index contributed by atoms with van der Waals surface area (Å²) in [6.45, 7) is 2.94. The van der Waals surface area contributed by atoms with E-state index in [1.165, 1.54) is 4.68 Å². The van der Waals surface area contributed by atoms with Crippen molar-refractivity contribution in [2.75, 3.05) is 36.5 Å². The molecule has 1 N–H and O–H groups in total. The van der Waals surface area contributed by atoms with Crippen LogP contribution in [0.1, 0.15) is 6.42 Å². The third-order valence-corrected chi connectivity index (χ3v) is 4.83. The molecule has 1 atom stereocenters. The van der Waals surface area contributed by atoms with E-state index in [-0.39, 0.29) is 11.7 Å². The first-order valence-electron chi connectivity index (χ1n) is 9.18. The molecule has 1 aliphatic rings. The predicted molar refractivity (Wildman–Crippen MR) is 106 cm³/mol. The van der Waals surface area contributed by atoms with E-state index in [2.05, 4.69) is 32.4 Å². The number of pyridine rings is 1. The van der Waals surface area contributed by atoms with E-state index in [9.17, 15) is 4.79 Å². The number of hydrogen-bond donors (Lipinski definition) is 1.